The van der Waals surface area contributed by atoms with Crippen molar-refractivity contribution in [3.63, 3.8) is 0 Å². The van der Waals surface area contributed by atoms with Crippen LogP contribution in [0.3, 0.4) is 0 Å². The van der Waals surface area contributed by atoms with Gasteiger partial charge in [-0.15, -0.1) is 10.9 Å². The summed E-state index contributed by atoms with van der Waals surface area (Å²) < 4.78 is 8.81. The van der Waals surface area contributed by atoms with Crippen LogP contribution in [0.5, 0.6) is 0 Å². The highest BCUT2D eigenvalue weighted by atomic mass is 16.3. The topological polar surface area (TPSA) is 56.7 Å². The second kappa shape index (κ2) is 14.7. The quantitative estimate of drug-likeness (QED) is 0.196. The highest BCUT2D eigenvalue weighted by Gasteiger charge is 2.23. The van der Waals surface area contributed by atoms with E-state index < -0.39 is 0 Å². The molecular weight excluding hydrogens is 749 g/mol. The van der Waals surface area contributed by atoms with E-state index in [1.165, 1.54) is 0 Å². The summed E-state index contributed by atoms with van der Waals surface area (Å²) >= 11 is 0. The monoisotopic (exact) mass is 776 g/mol. The van der Waals surface area contributed by atoms with Crippen molar-refractivity contribution in [2.75, 3.05) is 0 Å². The van der Waals surface area contributed by atoms with E-state index in [0.717, 1.165) is 66.6 Å². The Labute approximate surface area is 365 Å². The van der Waals surface area contributed by atoms with Crippen molar-refractivity contribution >= 4 is 124 Å². The summed E-state index contributed by atoms with van der Waals surface area (Å²) in [5, 5.41) is 3.01. The zero-order valence-electron chi connectivity index (χ0n) is 33.2. The summed E-state index contributed by atoms with van der Waals surface area (Å²) in [6.45, 7) is 0. The molecule has 62 heavy (non-hydrogen) atoms. The molecule has 0 saturated carbocycles. The van der Waals surface area contributed by atoms with Crippen LogP contribution in [-0.2, 0) is 0 Å². The summed E-state index contributed by atoms with van der Waals surface area (Å²) in [7, 11) is 39.7. The highest BCUT2D eigenvalue weighted by molar-refractivity contribution is 6.62. The molecule has 0 saturated heterocycles. The molecule has 0 atom stereocenters. The highest BCUT2D eigenvalue weighted by Crippen LogP contribution is 2.41. The van der Waals surface area contributed by atoms with Gasteiger partial charge in [-0.05, 0) is 51.7 Å². The zero-order chi connectivity index (χ0) is 42.2. The number of hydrogen-bond acceptors (Lipinski definition) is 4. The first-order chi connectivity index (χ1) is 30.2. The van der Waals surface area contributed by atoms with Gasteiger partial charge in [0.2, 0.25) is 0 Å². The minimum Gasteiger partial charge on any atom is -0.455 e. The van der Waals surface area contributed by atoms with E-state index in [1.807, 2.05) is 95.6 Å². The number of benzene rings is 8. The summed E-state index contributed by atoms with van der Waals surface area (Å²) in [5.74, 6) is 1.81. The van der Waals surface area contributed by atoms with Crippen LogP contribution in [-0.4, -0.2) is 66.6 Å². The molecule has 0 aliphatic rings. The van der Waals surface area contributed by atoms with Crippen LogP contribution in [0, 0.1) is 0 Å². The fourth-order valence-corrected chi connectivity index (χ4v) is 8.57. The Hall–Kier alpha value is -7.24. The first-order valence-electron chi connectivity index (χ1n) is 20.0. The van der Waals surface area contributed by atoms with Crippen molar-refractivity contribution in [1.29, 1.82) is 0 Å². The average Bonchev–Trinajstić information content (AvgIpc) is 3.88. The Morgan fingerprint density at radius 1 is 0.387 bits per heavy atom. The van der Waals surface area contributed by atoms with Gasteiger partial charge >= 0.3 is 0 Å². The van der Waals surface area contributed by atoms with Crippen molar-refractivity contribution in [3.8, 4) is 62.1 Å². The first-order valence-corrected chi connectivity index (χ1v) is 20.0. The zero-order valence-corrected chi connectivity index (χ0v) is 33.2. The van der Waals surface area contributed by atoms with E-state index in [4.69, 9.17) is 66.4 Å². The first kappa shape index (κ1) is 37.7. The molecule has 0 aliphatic carbocycles. The van der Waals surface area contributed by atoms with Crippen molar-refractivity contribution in [3.05, 3.63) is 158 Å². The van der Waals surface area contributed by atoms with Gasteiger partial charge in [0.15, 0.2) is 17.5 Å². The van der Waals surface area contributed by atoms with E-state index >= 15 is 0 Å². The van der Waals surface area contributed by atoms with Crippen LogP contribution >= 0.6 is 0 Å². The Balaban J connectivity index is 1.06. The average molecular weight is 776 g/mol. The molecule has 11 heteroatoms. The van der Waals surface area contributed by atoms with Crippen LogP contribution in [0.15, 0.2) is 162 Å². The van der Waals surface area contributed by atoms with Gasteiger partial charge in [0.05, 0.1) is 0 Å². The number of hydrogen-bond donors (Lipinski definition) is 0. The minimum atomic E-state index is 0.334. The lowest BCUT2D eigenvalue weighted by molar-refractivity contribution is 0.670. The van der Waals surface area contributed by atoms with Crippen molar-refractivity contribution in [2.24, 2.45) is 0 Å². The second-order valence-electron chi connectivity index (χ2n) is 15.4. The molecule has 0 unspecified atom stereocenters. The fourth-order valence-electron chi connectivity index (χ4n) is 8.57. The maximum atomic E-state index is 6.81. The normalized spacial score (nSPS) is 11.6. The lowest BCUT2D eigenvalue weighted by Gasteiger charge is -2.15. The number of aromatic nitrogens is 4. The summed E-state index contributed by atoms with van der Waals surface area (Å²) in [6, 6.07) is 52.0. The predicted molar refractivity (Wildman–Crippen MR) is 261 cm³/mol. The maximum absolute atomic E-state index is 6.81. The van der Waals surface area contributed by atoms with Crippen LogP contribution in [0.25, 0.3) is 106 Å². The summed E-state index contributed by atoms with van der Waals surface area (Å²) in [4.78, 5) is 14.7. The lowest BCUT2D eigenvalue weighted by Crippen LogP contribution is -2.33. The smallest absolute Gasteiger partial charge is 0.164 e. The predicted octanol–water partition coefficient (Wildman–Crippen LogP) is 5.97. The van der Waals surface area contributed by atoms with Crippen molar-refractivity contribution in [1.82, 2.24) is 19.5 Å². The number of furan rings is 1. The van der Waals surface area contributed by atoms with E-state index in [2.05, 4.69) is 54.6 Å². The Kier molecular flexibility index (Phi) is 8.97. The third-order valence-corrected chi connectivity index (χ3v) is 11.6. The van der Waals surface area contributed by atoms with Gasteiger partial charge in [0.1, 0.15) is 58.2 Å². The molecule has 11 rings (SSSR count). The number of fused-ring (bicyclic) bond motifs is 6. The molecule has 8 aromatic carbocycles. The molecular formula is C51H26B6N4O. The van der Waals surface area contributed by atoms with Gasteiger partial charge in [-0.1, -0.05) is 155 Å². The molecule has 3 heterocycles. The molecule has 3 aromatic heterocycles. The minimum absolute atomic E-state index is 0.334. The Morgan fingerprint density at radius 3 is 1.35 bits per heavy atom. The molecule has 0 spiro atoms. The largest absolute Gasteiger partial charge is 0.455 e. The third-order valence-electron chi connectivity index (χ3n) is 11.6. The second-order valence-corrected chi connectivity index (χ2v) is 15.4. The molecule has 274 valence electrons. The van der Waals surface area contributed by atoms with Crippen LogP contribution in [0.2, 0.25) is 0 Å². The van der Waals surface area contributed by atoms with Gasteiger partial charge in [0, 0.05) is 49.7 Å². The van der Waals surface area contributed by atoms with E-state index in [-0.39, 0.29) is 0 Å². The third kappa shape index (κ3) is 6.14. The fraction of sp³-hybridized carbons (Fsp3) is 0. The molecule has 0 amide bonds. The Bertz CT molecular complexity index is 3450. The maximum Gasteiger partial charge on any atom is 0.164 e. The van der Waals surface area contributed by atoms with E-state index in [9.17, 15) is 0 Å². The van der Waals surface area contributed by atoms with Gasteiger partial charge in [-0.2, -0.15) is 0 Å². The van der Waals surface area contributed by atoms with Gasteiger partial charge in [-0.3, -0.25) is 0 Å². The van der Waals surface area contributed by atoms with Gasteiger partial charge < -0.3 is 8.98 Å². The standard InChI is InChI=1S/C51H26B6N4O/c52-37-25-39(54)46-42(44(37)56)43-45(57)38(53)26-40(55)47(43)61(46)33-23-35(28-10-4-1-5-11-28)48-36(24-33)34-21-20-32(22-41(34)62-48)27-16-18-31(19-17-27)51-59-49(29-12-6-2-7-13-29)58-50(60-51)30-14-8-3-9-15-30/h1-26H. The van der Waals surface area contributed by atoms with Crippen LogP contribution in [0.1, 0.15) is 0 Å². The molecule has 0 aliphatic heterocycles. The molecule has 0 bridgehead atoms. The van der Waals surface area contributed by atoms with Crippen LogP contribution in [0.4, 0.5) is 0 Å². The summed E-state index contributed by atoms with van der Waals surface area (Å²) in [5.41, 5.74) is 12.2. The SMILES string of the molecule is [B]c1cc([B])c2c(c1[B])c1c([B])c([B])cc([B])c1n2-c1cc(-c2ccccc2)c2oc3cc(-c4ccc(-c5nc(-c6ccccc6)nc(-c6ccccc6)n5)cc4)ccc3c2c1. The summed E-state index contributed by atoms with van der Waals surface area (Å²) in [6.07, 6.45) is 0. The van der Waals surface area contributed by atoms with Gasteiger partial charge in [-0.25, -0.2) is 15.0 Å². The lowest BCUT2D eigenvalue weighted by atomic mass is 9.71. The molecule has 5 nitrogen and oxygen atoms in total. The van der Waals surface area contributed by atoms with Gasteiger partial charge in [0.25, 0.3) is 0 Å². The molecule has 11 aromatic rings. The molecule has 0 fully saturated rings. The van der Waals surface area contributed by atoms with Crippen LogP contribution < -0.4 is 32.8 Å². The van der Waals surface area contributed by atoms with Crippen molar-refractivity contribution in [2.45, 2.75) is 0 Å². The number of nitrogens with zero attached hydrogens (tertiary/aromatic N) is 4. The van der Waals surface area contributed by atoms with Crippen molar-refractivity contribution < 1.29 is 4.42 Å². The number of rotatable bonds is 6. The molecule has 0 N–H and O–H groups in total. The van der Waals surface area contributed by atoms with E-state index in [0.29, 0.717) is 72.1 Å². The Morgan fingerprint density at radius 2 is 0.839 bits per heavy atom. The molecule has 12 radical (unpaired) electrons. The van der Waals surface area contributed by atoms with E-state index in [1.54, 1.807) is 12.1 Å².